The van der Waals surface area contributed by atoms with Crippen LogP contribution >= 0.6 is 15.9 Å². The number of hydrogen-bond donors (Lipinski definition) is 1. The summed E-state index contributed by atoms with van der Waals surface area (Å²) in [6.07, 6.45) is 1.79. The molecule has 5 heteroatoms. The van der Waals surface area contributed by atoms with E-state index in [9.17, 15) is 0 Å². The molecule has 1 heterocycles. The van der Waals surface area contributed by atoms with Crippen LogP contribution in [0.4, 0.5) is 5.95 Å². The smallest absolute Gasteiger partial charge is 0.223 e. The molecular formula is C13H15BrN4. The van der Waals surface area contributed by atoms with E-state index in [1.807, 2.05) is 25.1 Å². The number of halogens is 1. The summed E-state index contributed by atoms with van der Waals surface area (Å²) in [5, 5.41) is 0. The average molecular weight is 307 g/mol. The second-order valence-corrected chi connectivity index (χ2v) is 5.02. The van der Waals surface area contributed by atoms with Crippen LogP contribution in [0, 0.1) is 6.92 Å². The Balaban J connectivity index is 2.49. The molecule has 0 fully saturated rings. The number of hydrogen-bond acceptors (Lipinski definition) is 4. The van der Waals surface area contributed by atoms with Crippen molar-refractivity contribution in [2.24, 2.45) is 0 Å². The zero-order valence-corrected chi connectivity index (χ0v) is 12.0. The third-order valence-corrected chi connectivity index (χ3v) is 3.19. The molecule has 1 aromatic carbocycles. The largest absolute Gasteiger partial charge is 0.368 e. The summed E-state index contributed by atoms with van der Waals surface area (Å²) in [4.78, 5) is 12.8. The lowest BCUT2D eigenvalue weighted by Gasteiger charge is -2.06. The van der Waals surface area contributed by atoms with Gasteiger partial charge in [0.2, 0.25) is 5.95 Å². The van der Waals surface area contributed by atoms with Crippen LogP contribution < -0.4 is 5.73 Å². The van der Waals surface area contributed by atoms with E-state index in [-0.39, 0.29) is 5.95 Å². The summed E-state index contributed by atoms with van der Waals surface area (Å²) in [7, 11) is 0. The summed E-state index contributed by atoms with van der Waals surface area (Å²) >= 11 is 3.53. The minimum atomic E-state index is 0.274. The van der Waals surface area contributed by atoms with Crippen molar-refractivity contribution in [1.29, 1.82) is 0 Å². The monoisotopic (exact) mass is 306 g/mol. The quantitative estimate of drug-likeness (QED) is 0.946. The van der Waals surface area contributed by atoms with Crippen LogP contribution in [0.3, 0.4) is 0 Å². The van der Waals surface area contributed by atoms with E-state index < -0.39 is 0 Å². The van der Waals surface area contributed by atoms with Gasteiger partial charge >= 0.3 is 0 Å². The fourth-order valence-electron chi connectivity index (χ4n) is 1.70. The molecule has 0 radical (unpaired) electrons. The Morgan fingerprint density at radius 1 is 1.22 bits per heavy atom. The maximum absolute atomic E-state index is 5.73. The summed E-state index contributed by atoms with van der Waals surface area (Å²) in [6.45, 7) is 4.13. The number of rotatable bonds is 3. The zero-order valence-electron chi connectivity index (χ0n) is 10.4. The number of aromatic nitrogens is 3. The first-order valence-corrected chi connectivity index (χ1v) is 6.66. The summed E-state index contributed by atoms with van der Waals surface area (Å²) in [5.41, 5.74) is 7.85. The number of nitrogens with two attached hydrogens (primary N) is 1. The number of anilines is 1. The van der Waals surface area contributed by atoms with Gasteiger partial charge in [-0.25, -0.2) is 4.98 Å². The van der Waals surface area contributed by atoms with Gasteiger partial charge in [0.15, 0.2) is 5.82 Å². The number of nitrogen functional groups attached to an aromatic ring is 1. The van der Waals surface area contributed by atoms with Crippen molar-refractivity contribution in [2.45, 2.75) is 26.7 Å². The minimum absolute atomic E-state index is 0.274. The highest BCUT2D eigenvalue weighted by Gasteiger charge is 2.09. The topological polar surface area (TPSA) is 64.7 Å². The first kappa shape index (κ1) is 13.0. The van der Waals surface area contributed by atoms with Gasteiger partial charge in [-0.3, -0.25) is 0 Å². The van der Waals surface area contributed by atoms with Crippen LogP contribution in [0.5, 0.6) is 0 Å². The minimum Gasteiger partial charge on any atom is -0.368 e. The van der Waals surface area contributed by atoms with Gasteiger partial charge in [0.25, 0.3) is 0 Å². The molecule has 0 unspecified atom stereocenters. The lowest BCUT2D eigenvalue weighted by atomic mass is 10.1. The highest BCUT2D eigenvalue weighted by Crippen LogP contribution is 2.26. The fraction of sp³-hybridized carbons (Fsp3) is 0.308. The third-order valence-electron chi connectivity index (χ3n) is 2.54. The van der Waals surface area contributed by atoms with E-state index >= 15 is 0 Å². The molecule has 1 aromatic heterocycles. The second kappa shape index (κ2) is 5.44. The number of nitrogens with zero attached hydrogens (tertiary/aromatic N) is 3. The fourth-order valence-corrected chi connectivity index (χ4v) is 2.37. The van der Waals surface area contributed by atoms with Crippen LogP contribution in [-0.2, 0) is 6.42 Å². The van der Waals surface area contributed by atoms with Crippen molar-refractivity contribution in [3.8, 4) is 11.4 Å². The molecule has 18 heavy (non-hydrogen) atoms. The molecule has 0 saturated heterocycles. The zero-order chi connectivity index (χ0) is 13.1. The van der Waals surface area contributed by atoms with Crippen molar-refractivity contribution in [1.82, 2.24) is 15.0 Å². The maximum Gasteiger partial charge on any atom is 0.223 e. The molecular weight excluding hydrogens is 292 g/mol. The number of aryl methyl sites for hydroxylation is 2. The molecule has 2 N–H and O–H groups in total. The van der Waals surface area contributed by atoms with Crippen LogP contribution in [-0.4, -0.2) is 15.0 Å². The summed E-state index contributed by atoms with van der Waals surface area (Å²) < 4.78 is 0.968. The van der Waals surface area contributed by atoms with Gasteiger partial charge < -0.3 is 5.73 Å². The van der Waals surface area contributed by atoms with Crippen molar-refractivity contribution in [2.75, 3.05) is 5.73 Å². The third kappa shape index (κ3) is 2.85. The van der Waals surface area contributed by atoms with E-state index in [0.29, 0.717) is 5.82 Å². The summed E-state index contributed by atoms with van der Waals surface area (Å²) in [5.74, 6) is 1.64. The van der Waals surface area contributed by atoms with Crippen LogP contribution in [0.25, 0.3) is 11.4 Å². The highest BCUT2D eigenvalue weighted by molar-refractivity contribution is 9.10. The van der Waals surface area contributed by atoms with Gasteiger partial charge in [-0.2, -0.15) is 9.97 Å². The molecule has 94 valence electrons. The molecule has 0 saturated carbocycles. The lowest BCUT2D eigenvalue weighted by Crippen LogP contribution is -2.05. The van der Waals surface area contributed by atoms with Gasteiger partial charge in [0.05, 0.1) is 0 Å². The normalized spacial score (nSPS) is 10.6. The molecule has 0 spiro atoms. The maximum atomic E-state index is 5.73. The Labute approximate surface area is 115 Å². The molecule has 0 atom stereocenters. The van der Waals surface area contributed by atoms with Gasteiger partial charge in [-0.05, 0) is 31.0 Å². The van der Waals surface area contributed by atoms with Crippen LogP contribution in [0.15, 0.2) is 22.7 Å². The van der Waals surface area contributed by atoms with Gasteiger partial charge in [0, 0.05) is 16.5 Å². The Morgan fingerprint density at radius 2 is 2.00 bits per heavy atom. The molecule has 0 aliphatic heterocycles. The van der Waals surface area contributed by atoms with Crippen molar-refractivity contribution in [3.05, 3.63) is 34.1 Å². The van der Waals surface area contributed by atoms with E-state index in [2.05, 4.69) is 37.8 Å². The Morgan fingerprint density at radius 3 is 2.67 bits per heavy atom. The van der Waals surface area contributed by atoms with Gasteiger partial charge in [0.1, 0.15) is 5.82 Å². The van der Waals surface area contributed by atoms with Crippen molar-refractivity contribution in [3.63, 3.8) is 0 Å². The van der Waals surface area contributed by atoms with Crippen LogP contribution in [0.1, 0.15) is 24.7 Å². The molecule has 0 bridgehead atoms. The van der Waals surface area contributed by atoms with Crippen molar-refractivity contribution < 1.29 is 0 Å². The standard InChI is InChI=1S/C13H15BrN4/c1-3-4-11-16-12(18-13(15)17-11)9-6-5-8(2)7-10(9)14/h5-7H,3-4H2,1-2H3,(H2,15,16,17,18). The van der Waals surface area contributed by atoms with Crippen molar-refractivity contribution >= 4 is 21.9 Å². The van der Waals surface area contributed by atoms with Gasteiger partial charge in [-0.1, -0.05) is 28.9 Å². The Bertz CT molecular complexity index is 569. The first-order chi connectivity index (χ1) is 8.60. The Hall–Kier alpha value is -1.49. The SMILES string of the molecule is CCCc1nc(N)nc(-c2ccc(C)cc2Br)n1. The molecule has 0 amide bonds. The predicted molar refractivity (Wildman–Crippen MR) is 76.1 cm³/mol. The molecule has 0 aliphatic carbocycles. The second-order valence-electron chi connectivity index (χ2n) is 4.17. The average Bonchev–Trinajstić information content (AvgIpc) is 2.28. The molecule has 2 rings (SSSR count). The number of benzene rings is 1. The molecule has 2 aromatic rings. The summed E-state index contributed by atoms with van der Waals surface area (Å²) in [6, 6.07) is 6.05. The van der Waals surface area contributed by atoms with E-state index in [0.717, 1.165) is 28.7 Å². The van der Waals surface area contributed by atoms with E-state index in [1.165, 1.54) is 5.56 Å². The first-order valence-electron chi connectivity index (χ1n) is 5.87. The van der Waals surface area contributed by atoms with E-state index in [1.54, 1.807) is 0 Å². The highest BCUT2D eigenvalue weighted by atomic mass is 79.9. The molecule has 4 nitrogen and oxygen atoms in total. The van der Waals surface area contributed by atoms with E-state index in [4.69, 9.17) is 5.73 Å². The van der Waals surface area contributed by atoms with Gasteiger partial charge in [-0.15, -0.1) is 0 Å². The predicted octanol–water partition coefficient (Wildman–Crippen LogP) is 3.14. The van der Waals surface area contributed by atoms with Crippen LogP contribution in [0.2, 0.25) is 0 Å². The molecule has 0 aliphatic rings. The Kier molecular flexibility index (Phi) is 3.91. The lowest BCUT2D eigenvalue weighted by molar-refractivity contribution is 0.824.